The van der Waals surface area contributed by atoms with Gasteiger partial charge in [0.25, 0.3) is 0 Å². The molecule has 1 fully saturated rings. The van der Waals surface area contributed by atoms with Crippen LogP contribution in [0, 0.1) is 5.92 Å². The van der Waals surface area contributed by atoms with Crippen LogP contribution in [0.4, 0.5) is 19.0 Å². The minimum Gasteiger partial charge on any atom is -0.366 e. The van der Waals surface area contributed by atoms with Gasteiger partial charge in [0.05, 0.1) is 23.1 Å². The van der Waals surface area contributed by atoms with Crippen molar-refractivity contribution in [2.24, 2.45) is 5.92 Å². The number of fused-ring (bicyclic) bond motifs is 1. The van der Waals surface area contributed by atoms with E-state index >= 15 is 0 Å². The molecule has 0 spiro atoms. The van der Waals surface area contributed by atoms with Crippen molar-refractivity contribution in [1.82, 2.24) is 25.3 Å². The quantitative estimate of drug-likeness (QED) is 0.561. The number of amides is 1. The zero-order chi connectivity index (χ0) is 21.3. The molecular formula is C19H18ClF3N6O. The Labute approximate surface area is 174 Å². The molecule has 1 amide bonds. The molecule has 11 heteroatoms. The molecule has 2 atom stereocenters. The Hall–Kier alpha value is -2.88. The number of hydrogen-bond donors (Lipinski definition) is 3. The van der Waals surface area contributed by atoms with Crippen molar-refractivity contribution < 1.29 is 18.0 Å². The van der Waals surface area contributed by atoms with Crippen LogP contribution in [0.3, 0.4) is 0 Å². The van der Waals surface area contributed by atoms with Crippen LogP contribution in [0.15, 0.2) is 30.9 Å². The molecule has 7 nitrogen and oxygen atoms in total. The van der Waals surface area contributed by atoms with Crippen LogP contribution in [-0.2, 0) is 4.79 Å². The Morgan fingerprint density at radius 2 is 2.10 bits per heavy atom. The molecule has 0 aliphatic heterocycles. The first-order valence-electron chi connectivity index (χ1n) is 9.34. The zero-order valence-electron chi connectivity index (χ0n) is 15.6. The molecule has 4 rings (SSSR count). The van der Waals surface area contributed by atoms with Crippen LogP contribution < -0.4 is 10.6 Å². The molecule has 1 saturated carbocycles. The maximum atomic E-state index is 12.3. The van der Waals surface area contributed by atoms with E-state index in [0.717, 1.165) is 10.9 Å². The monoisotopic (exact) mass is 438 g/mol. The normalized spacial score (nSPS) is 19.2. The van der Waals surface area contributed by atoms with Crippen molar-refractivity contribution in [3.8, 4) is 11.3 Å². The van der Waals surface area contributed by atoms with E-state index in [-0.39, 0.29) is 6.04 Å². The van der Waals surface area contributed by atoms with Gasteiger partial charge in [-0.1, -0.05) is 11.6 Å². The van der Waals surface area contributed by atoms with E-state index in [0.29, 0.717) is 41.4 Å². The minimum atomic E-state index is -4.41. The summed E-state index contributed by atoms with van der Waals surface area (Å²) in [5.74, 6) is -0.499. The summed E-state index contributed by atoms with van der Waals surface area (Å²) >= 11 is 6.05. The molecule has 0 radical (unpaired) electrons. The minimum absolute atomic E-state index is 0.0738. The number of pyridine rings is 1. The number of nitrogens with one attached hydrogen (secondary N) is 3. The van der Waals surface area contributed by atoms with E-state index in [9.17, 15) is 18.0 Å². The van der Waals surface area contributed by atoms with Crippen molar-refractivity contribution in [2.75, 3.05) is 11.9 Å². The summed E-state index contributed by atoms with van der Waals surface area (Å²) in [6, 6.07) is 1.72. The fraction of sp³-hybridized carbons (Fsp3) is 0.368. The van der Waals surface area contributed by atoms with Crippen LogP contribution >= 0.6 is 11.6 Å². The number of aromatic amines is 1. The number of aromatic nitrogens is 4. The molecule has 158 valence electrons. The Balaban J connectivity index is 1.43. The molecule has 3 aromatic rings. The van der Waals surface area contributed by atoms with Gasteiger partial charge in [-0.2, -0.15) is 13.2 Å². The van der Waals surface area contributed by atoms with E-state index in [1.807, 2.05) is 5.32 Å². The van der Waals surface area contributed by atoms with Gasteiger partial charge in [-0.3, -0.25) is 9.78 Å². The lowest BCUT2D eigenvalue weighted by Crippen LogP contribution is -2.37. The Morgan fingerprint density at radius 1 is 1.27 bits per heavy atom. The SMILES string of the molecule is O=C(NCC(F)(F)F)[C@@H]1CC[C@H](Nc2cncc(-c3c[nH]c4ncc(Cl)cc34)n2)C1. The van der Waals surface area contributed by atoms with Gasteiger partial charge >= 0.3 is 6.18 Å². The van der Waals surface area contributed by atoms with Gasteiger partial charge in [-0.05, 0) is 25.3 Å². The van der Waals surface area contributed by atoms with Crippen LogP contribution in [0.5, 0.6) is 0 Å². The molecule has 1 aliphatic rings. The number of nitrogens with zero attached hydrogens (tertiary/aromatic N) is 3. The van der Waals surface area contributed by atoms with Crippen LogP contribution in [0.2, 0.25) is 5.02 Å². The van der Waals surface area contributed by atoms with Gasteiger partial charge in [-0.15, -0.1) is 0 Å². The van der Waals surface area contributed by atoms with E-state index in [1.165, 1.54) is 0 Å². The number of carbonyl (C=O) groups is 1. The fourth-order valence-corrected chi connectivity index (χ4v) is 3.80. The lowest BCUT2D eigenvalue weighted by molar-refractivity contribution is -0.140. The Kier molecular flexibility index (Phi) is 5.50. The number of carbonyl (C=O) groups excluding carboxylic acids is 1. The standard InChI is InChI=1S/C19H18ClF3N6O/c20-11-4-13-14(6-26-17(13)25-5-11)15-7-24-8-16(29-15)28-12-2-1-10(3-12)18(30)27-9-19(21,22)23/h4-8,10,12H,1-3,9H2,(H,25,26)(H,27,30)(H,28,29)/t10-,12+/m1/s1. The molecule has 3 N–H and O–H groups in total. The summed E-state index contributed by atoms with van der Waals surface area (Å²) in [7, 11) is 0. The van der Waals surface area contributed by atoms with E-state index in [1.54, 1.807) is 30.9 Å². The first kappa shape index (κ1) is 20.4. The maximum absolute atomic E-state index is 12.3. The molecule has 1 aliphatic carbocycles. The highest BCUT2D eigenvalue weighted by atomic mass is 35.5. The van der Waals surface area contributed by atoms with Crippen molar-refractivity contribution in [1.29, 1.82) is 0 Å². The average molecular weight is 439 g/mol. The van der Waals surface area contributed by atoms with Gasteiger partial charge in [-0.25, -0.2) is 9.97 Å². The largest absolute Gasteiger partial charge is 0.405 e. The average Bonchev–Trinajstić information content (AvgIpc) is 3.32. The summed E-state index contributed by atoms with van der Waals surface area (Å²) in [5.41, 5.74) is 2.10. The van der Waals surface area contributed by atoms with Gasteiger partial charge < -0.3 is 15.6 Å². The number of hydrogen-bond acceptors (Lipinski definition) is 5. The van der Waals surface area contributed by atoms with E-state index in [4.69, 9.17) is 11.6 Å². The molecule has 0 aromatic carbocycles. The fourth-order valence-electron chi connectivity index (χ4n) is 3.65. The number of halogens is 4. The number of anilines is 1. The molecule has 0 bridgehead atoms. The lowest BCUT2D eigenvalue weighted by atomic mass is 10.1. The predicted molar refractivity (Wildman–Crippen MR) is 106 cm³/mol. The molecule has 0 saturated heterocycles. The number of alkyl halides is 3. The molecule has 3 heterocycles. The highest BCUT2D eigenvalue weighted by Crippen LogP contribution is 2.30. The molecule has 3 aromatic heterocycles. The summed E-state index contributed by atoms with van der Waals surface area (Å²) in [5, 5.41) is 6.51. The lowest BCUT2D eigenvalue weighted by Gasteiger charge is -2.15. The zero-order valence-corrected chi connectivity index (χ0v) is 16.4. The van der Waals surface area contributed by atoms with E-state index in [2.05, 4.69) is 25.3 Å². The first-order chi connectivity index (χ1) is 14.3. The van der Waals surface area contributed by atoms with E-state index < -0.39 is 24.5 Å². The second kappa shape index (κ2) is 8.10. The van der Waals surface area contributed by atoms with Gasteiger partial charge in [0.15, 0.2) is 0 Å². The smallest absolute Gasteiger partial charge is 0.366 e. The van der Waals surface area contributed by atoms with Gasteiger partial charge in [0.1, 0.15) is 18.0 Å². The summed E-state index contributed by atoms with van der Waals surface area (Å²) in [6.07, 6.45) is 3.71. The van der Waals surface area contributed by atoms with Crippen LogP contribution in [-0.4, -0.2) is 44.6 Å². The first-order valence-corrected chi connectivity index (χ1v) is 9.72. The third-order valence-corrected chi connectivity index (χ3v) is 5.23. The van der Waals surface area contributed by atoms with Crippen molar-refractivity contribution in [3.05, 3.63) is 35.9 Å². The second-order valence-corrected chi connectivity index (χ2v) is 7.66. The highest BCUT2D eigenvalue weighted by molar-refractivity contribution is 6.31. The predicted octanol–water partition coefficient (Wildman–Crippen LogP) is 3.93. The molecule has 0 unspecified atom stereocenters. The Bertz CT molecular complexity index is 1070. The highest BCUT2D eigenvalue weighted by Gasteiger charge is 2.33. The van der Waals surface area contributed by atoms with Crippen LogP contribution in [0.25, 0.3) is 22.3 Å². The third-order valence-electron chi connectivity index (χ3n) is 5.03. The van der Waals surface area contributed by atoms with Crippen LogP contribution in [0.1, 0.15) is 19.3 Å². The Morgan fingerprint density at radius 3 is 2.90 bits per heavy atom. The van der Waals surface area contributed by atoms with Gasteiger partial charge in [0.2, 0.25) is 5.91 Å². The summed E-state index contributed by atoms with van der Waals surface area (Å²) in [4.78, 5) is 28.1. The molecule has 30 heavy (non-hydrogen) atoms. The second-order valence-electron chi connectivity index (χ2n) is 7.23. The summed E-state index contributed by atoms with van der Waals surface area (Å²) in [6.45, 7) is -1.31. The molecular weight excluding hydrogens is 421 g/mol. The summed E-state index contributed by atoms with van der Waals surface area (Å²) < 4.78 is 36.9. The van der Waals surface area contributed by atoms with Gasteiger partial charge in [0, 0.05) is 35.3 Å². The third kappa shape index (κ3) is 4.64. The number of rotatable bonds is 5. The maximum Gasteiger partial charge on any atom is 0.405 e. The number of H-pyrrole nitrogens is 1. The topological polar surface area (TPSA) is 95.6 Å². The van der Waals surface area contributed by atoms with Crippen molar-refractivity contribution >= 4 is 34.4 Å². The van der Waals surface area contributed by atoms with Crippen molar-refractivity contribution in [3.63, 3.8) is 0 Å². The van der Waals surface area contributed by atoms with Crippen molar-refractivity contribution in [2.45, 2.75) is 31.5 Å².